The topological polar surface area (TPSA) is 60.7 Å². The summed E-state index contributed by atoms with van der Waals surface area (Å²) in [5, 5.41) is 27.3. The Kier molecular flexibility index (Phi) is 4.27. The molecule has 1 rings (SSSR count). The third kappa shape index (κ3) is 2.78. The van der Waals surface area contributed by atoms with Crippen LogP contribution in [0.2, 0.25) is 0 Å². The van der Waals surface area contributed by atoms with Crippen LogP contribution < -0.4 is 0 Å². The van der Waals surface area contributed by atoms with E-state index < -0.39 is 5.41 Å². The first-order chi connectivity index (χ1) is 7.16. The van der Waals surface area contributed by atoms with Gasteiger partial charge in [-0.25, -0.2) is 0 Å². The average molecular weight is 210 g/mol. The second-order valence-corrected chi connectivity index (χ2v) is 4.05. The molecule has 0 saturated carbocycles. The van der Waals surface area contributed by atoms with Crippen molar-refractivity contribution in [3.05, 3.63) is 35.4 Å². The van der Waals surface area contributed by atoms with Crippen LogP contribution in [-0.4, -0.2) is 35.1 Å². The lowest BCUT2D eigenvalue weighted by molar-refractivity contribution is 0.129. The van der Waals surface area contributed by atoms with Crippen LogP contribution in [0, 0.1) is 0 Å². The van der Waals surface area contributed by atoms with Crippen LogP contribution in [0.1, 0.15) is 18.1 Å². The summed E-state index contributed by atoms with van der Waals surface area (Å²) in [6.45, 7) is 1.74. The molecule has 0 aromatic heterocycles. The van der Waals surface area contributed by atoms with Crippen molar-refractivity contribution in [2.75, 3.05) is 19.8 Å². The van der Waals surface area contributed by atoms with Crippen LogP contribution in [0.15, 0.2) is 24.3 Å². The standard InChI is InChI=1S/C12H18O3/c1-12(8-14,9-15)11-4-2-3-10(7-11)5-6-13/h2-4,7,13-15H,5-6,8-9H2,1H3. The highest BCUT2D eigenvalue weighted by atomic mass is 16.3. The molecule has 3 N–H and O–H groups in total. The van der Waals surface area contributed by atoms with E-state index in [4.69, 9.17) is 5.11 Å². The van der Waals surface area contributed by atoms with Gasteiger partial charge in [0.15, 0.2) is 0 Å². The molecule has 15 heavy (non-hydrogen) atoms. The minimum absolute atomic E-state index is 0.0912. The van der Waals surface area contributed by atoms with E-state index in [9.17, 15) is 10.2 Å². The zero-order chi connectivity index (χ0) is 11.3. The van der Waals surface area contributed by atoms with Crippen molar-refractivity contribution in [1.82, 2.24) is 0 Å². The molecule has 1 aromatic carbocycles. The van der Waals surface area contributed by atoms with E-state index in [1.807, 2.05) is 31.2 Å². The van der Waals surface area contributed by atoms with E-state index in [2.05, 4.69) is 0 Å². The molecular formula is C12H18O3. The molecule has 0 unspecified atom stereocenters. The number of aliphatic hydroxyl groups excluding tert-OH is 3. The first kappa shape index (κ1) is 12.2. The summed E-state index contributed by atoms with van der Waals surface area (Å²) < 4.78 is 0. The molecule has 0 radical (unpaired) electrons. The summed E-state index contributed by atoms with van der Waals surface area (Å²) in [7, 11) is 0. The van der Waals surface area contributed by atoms with Crippen LogP contribution in [0.5, 0.6) is 0 Å². The Morgan fingerprint density at radius 1 is 1.13 bits per heavy atom. The molecule has 0 aliphatic heterocycles. The first-order valence-corrected chi connectivity index (χ1v) is 5.08. The highest BCUT2D eigenvalue weighted by Crippen LogP contribution is 2.23. The van der Waals surface area contributed by atoms with E-state index >= 15 is 0 Å². The summed E-state index contributed by atoms with van der Waals surface area (Å²) in [6.07, 6.45) is 0.598. The molecule has 0 amide bonds. The average Bonchev–Trinajstić information content (AvgIpc) is 2.29. The van der Waals surface area contributed by atoms with Gasteiger partial charge in [-0.3, -0.25) is 0 Å². The molecule has 0 bridgehead atoms. The highest BCUT2D eigenvalue weighted by molar-refractivity contribution is 5.30. The summed E-state index contributed by atoms with van der Waals surface area (Å²) >= 11 is 0. The summed E-state index contributed by atoms with van der Waals surface area (Å²) in [4.78, 5) is 0. The second-order valence-electron chi connectivity index (χ2n) is 4.05. The van der Waals surface area contributed by atoms with Crippen LogP contribution in [0.25, 0.3) is 0 Å². The smallest absolute Gasteiger partial charge is 0.0547 e. The van der Waals surface area contributed by atoms with Crippen molar-refractivity contribution in [2.45, 2.75) is 18.8 Å². The van der Waals surface area contributed by atoms with E-state index in [1.165, 1.54) is 0 Å². The lowest BCUT2D eigenvalue weighted by Crippen LogP contribution is -2.31. The molecule has 0 saturated heterocycles. The van der Waals surface area contributed by atoms with Gasteiger partial charge in [-0.1, -0.05) is 31.2 Å². The van der Waals surface area contributed by atoms with Gasteiger partial charge in [0.05, 0.1) is 13.2 Å². The molecule has 0 atom stereocenters. The van der Waals surface area contributed by atoms with Gasteiger partial charge in [-0.2, -0.15) is 0 Å². The number of rotatable bonds is 5. The fraction of sp³-hybridized carbons (Fsp3) is 0.500. The predicted octanol–water partition coefficient (Wildman–Crippen LogP) is 0.464. The maximum atomic E-state index is 9.25. The Bertz CT molecular complexity index is 305. The minimum atomic E-state index is -0.606. The normalized spacial score (nSPS) is 11.7. The van der Waals surface area contributed by atoms with E-state index in [0.29, 0.717) is 6.42 Å². The Labute approximate surface area is 90.0 Å². The van der Waals surface area contributed by atoms with Crippen LogP contribution in [0.3, 0.4) is 0 Å². The summed E-state index contributed by atoms with van der Waals surface area (Å²) in [5.41, 5.74) is 1.31. The number of benzene rings is 1. The molecule has 0 aliphatic carbocycles. The molecule has 0 fully saturated rings. The van der Waals surface area contributed by atoms with Gasteiger partial charge in [-0.15, -0.1) is 0 Å². The third-order valence-corrected chi connectivity index (χ3v) is 2.72. The number of hydrogen-bond donors (Lipinski definition) is 3. The van der Waals surface area contributed by atoms with E-state index in [1.54, 1.807) is 0 Å². The maximum absolute atomic E-state index is 9.25. The predicted molar refractivity (Wildman–Crippen MR) is 58.8 cm³/mol. The highest BCUT2D eigenvalue weighted by Gasteiger charge is 2.24. The van der Waals surface area contributed by atoms with Crippen molar-refractivity contribution in [2.24, 2.45) is 0 Å². The maximum Gasteiger partial charge on any atom is 0.0547 e. The molecule has 84 valence electrons. The summed E-state index contributed by atoms with van der Waals surface area (Å²) in [6, 6.07) is 7.61. The number of aliphatic hydroxyl groups is 3. The Hall–Kier alpha value is -0.900. The van der Waals surface area contributed by atoms with E-state index in [0.717, 1.165) is 11.1 Å². The van der Waals surface area contributed by atoms with Crippen molar-refractivity contribution < 1.29 is 15.3 Å². The van der Waals surface area contributed by atoms with Gasteiger partial charge in [0.25, 0.3) is 0 Å². The molecule has 3 nitrogen and oxygen atoms in total. The monoisotopic (exact) mass is 210 g/mol. The molecule has 0 heterocycles. The summed E-state index contributed by atoms with van der Waals surface area (Å²) in [5.74, 6) is 0. The first-order valence-electron chi connectivity index (χ1n) is 5.08. The van der Waals surface area contributed by atoms with Crippen molar-refractivity contribution in [3.63, 3.8) is 0 Å². The molecule has 0 aliphatic rings. The van der Waals surface area contributed by atoms with Gasteiger partial charge in [0, 0.05) is 12.0 Å². The van der Waals surface area contributed by atoms with Gasteiger partial charge >= 0.3 is 0 Å². The Morgan fingerprint density at radius 3 is 2.33 bits per heavy atom. The zero-order valence-corrected chi connectivity index (χ0v) is 8.98. The largest absolute Gasteiger partial charge is 0.396 e. The quantitative estimate of drug-likeness (QED) is 0.662. The lowest BCUT2D eigenvalue weighted by atomic mass is 9.83. The van der Waals surface area contributed by atoms with Crippen LogP contribution >= 0.6 is 0 Å². The van der Waals surface area contributed by atoms with Gasteiger partial charge in [0.2, 0.25) is 0 Å². The second kappa shape index (κ2) is 5.26. The van der Waals surface area contributed by atoms with Crippen molar-refractivity contribution >= 4 is 0 Å². The fourth-order valence-corrected chi connectivity index (χ4v) is 1.46. The van der Waals surface area contributed by atoms with Crippen molar-refractivity contribution in [3.8, 4) is 0 Å². The third-order valence-electron chi connectivity index (χ3n) is 2.72. The van der Waals surface area contributed by atoms with Gasteiger partial charge in [-0.05, 0) is 17.5 Å². The molecule has 0 spiro atoms. The molecule has 3 heteroatoms. The van der Waals surface area contributed by atoms with Crippen molar-refractivity contribution in [1.29, 1.82) is 0 Å². The van der Waals surface area contributed by atoms with Crippen LogP contribution in [-0.2, 0) is 11.8 Å². The van der Waals surface area contributed by atoms with E-state index in [-0.39, 0.29) is 19.8 Å². The Morgan fingerprint density at radius 2 is 1.80 bits per heavy atom. The molecule has 1 aromatic rings. The zero-order valence-electron chi connectivity index (χ0n) is 8.98. The van der Waals surface area contributed by atoms with Crippen LogP contribution in [0.4, 0.5) is 0 Å². The Balaban J connectivity index is 2.98. The molecular weight excluding hydrogens is 192 g/mol. The number of hydrogen-bond acceptors (Lipinski definition) is 3. The SMILES string of the molecule is CC(CO)(CO)c1cccc(CCO)c1. The van der Waals surface area contributed by atoms with Gasteiger partial charge < -0.3 is 15.3 Å². The van der Waals surface area contributed by atoms with Gasteiger partial charge in [0.1, 0.15) is 0 Å². The lowest BCUT2D eigenvalue weighted by Gasteiger charge is -2.25. The fourth-order valence-electron chi connectivity index (χ4n) is 1.46. The minimum Gasteiger partial charge on any atom is -0.396 e.